The van der Waals surface area contributed by atoms with Crippen molar-refractivity contribution in [1.82, 2.24) is 0 Å². The van der Waals surface area contributed by atoms with E-state index in [1.807, 2.05) is 0 Å². The van der Waals surface area contributed by atoms with Crippen molar-refractivity contribution in [3.63, 3.8) is 0 Å². The summed E-state index contributed by atoms with van der Waals surface area (Å²) >= 11 is 8.80. The third kappa shape index (κ3) is 4.82. The normalized spacial score (nSPS) is 12.0. The highest BCUT2D eigenvalue weighted by Gasteiger charge is 2.21. The summed E-state index contributed by atoms with van der Waals surface area (Å²) in [6.07, 6.45) is 0. The Kier molecular flexibility index (Phi) is 2.51. The number of rotatable bonds is 1. The van der Waals surface area contributed by atoms with Gasteiger partial charge in [0.05, 0.1) is 12.0 Å². The van der Waals surface area contributed by atoms with Crippen LogP contribution in [0.4, 0.5) is 4.39 Å². The zero-order valence-electron chi connectivity index (χ0n) is 2.49. The number of alkyl halides is 3. The largest absolute Gasteiger partial charge is 0.329 e. The first-order chi connectivity index (χ1) is 2.56. The summed E-state index contributed by atoms with van der Waals surface area (Å²) < 4.78 is 16.5. The molecule has 0 unspecified atom stereocenters. The zero-order chi connectivity index (χ0) is 5.21. The Morgan fingerprint density at radius 1 is 1.67 bits per heavy atom. The van der Waals surface area contributed by atoms with Gasteiger partial charge in [-0.2, -0.15) is 4.39 Å². The van der Waals surface area contributed by atoms with E-state index in [0.29, 0.717) is 0 Å². The summed E-state index contributed by atoms with van der Waals surface area (Å²) in [4.78, 5) is 0. The van der Waals surface area contributed by atoms with Crippen molar-refractivity contribution in [1.29, 1.82) is 0 Å². The summed E-state index contributed by atoms with van der Waals surface area (Å²) in [5.41, 5.74) is 0. The van der Waals surface area contributed by atoms with E-state index in [0.717, 1.165) is 0 Å². The van der Waals surface area contributed by atoms with Crippen molar-refractivity contribution in [3.8, 4) is 0 Å². The lowest BCUT2D eigenvalue weighted by Gasteiger charge is -1.97. The Balaban J connectivity index is 3.17. The second kappa shape index (κ2) is 2.21. The van der Waals surface area contributed by atoms with E-state index >= 15 is 0 Å². The average molecular weight is 151 g/mol. The van der Waals surface area contributed by atoms with E-state index in [-0.39, 0.29) is 12.0 Å². The fourth-order valence-corrected chi connectivity index (χ4v) is 0. The topological polar surface area (TPSA) is 20.2 Å². The molecule has 0 atom stereocenters. The molecule has 0 spiro atoms. The molecule has 0 amide bonds. The SMILES string of the molecule is OSC(F)(Cl)Cl. The molecule has 0 heterocycles. The van der Waals surface area contributed by atoms with Gasteiger partial charge in [0.25, 0.3) is 0 Å². The van der Waals surface area contributed by atoms with Gasteiger partial charge < -0.3 is 4.55 Å². The molecule has 0 aromatic carbocycles. The molecule has 0 saturated carbocycles. The van der Waals surface area contributed by atoms with Crippen molar-refractivity contribution in [2.45, 2.75) is 3.92 Å². The van der Waals surface area contributed by atoms with E-state index < -0.39 is 3.92 Å². The van der Waals surface area contributed by atoms with Crippen LogP contribution < -0.4 is 0 Å². The minimum absolute atomic E-state index is 0.254. The Bertz CT molecular complexity index is 43.3. The van der Waals surface area contributed by atoms with Gasteiger partial charge in [-0.05, 0) is 0 Å². The molecule has 0 aliphatic carbocycles. The monoisotopic (exact) mass is 150 g/mol. The predicted octanol–water partition coefficient (Wildman–Crippen LogP) is 2.25. The highest BCUT2D eigenvalue weighted by Crippen LogP contribution is 2.32. The van der Waals surface area contributed by atoms with Gasteiger partial charge in [-0.15, -0.1) is 0 Å². The fourth-order valence-electron chi connectivity index (χ4n) is 0. The van der Waals surface area contributed by atoms with Crippen LogP contribution in [0.2, 0.25) is 0 Å². The molecule has 1 N–H and O–H groups in total. The minimum Gasteiger partial charge on any atom is -0.326 e. The molecule has 0 saturated heterocycles. The van der Waals surface area contributed by atoms with Gasteiger partial charge in [0.15, 0.2) is 0 Å². The molecule has 0 radical (unpaired) electrons. The fraction of sp³-hybridized carbons (Fsp3) is 1.00. The van der Waals surface area contributed by atoms with Crippen molar-refractivity contribution in [2.24, 2.45) is 0 Å². The van der Waals surface area contributed by atoms with Crippen LogP contribution in [0.25, 0.3) is 0 Å². The molecular weight excluding hydrogens is 150 g/mol. The number of hydrogen-bond acceptors (Lipinski definition) is 2. The quantitative estimate of drug-likeness (QED) is 0.458. The molecule has 1 nitrogen and oxygen atoms in total. The van der Waals surface area contributed by atoms with E-state index in [1.165, 1.54) is 0 Å². The summed E-state index contributed by atoms with van der Waals surface area (Å²) in [6, 6.07) is 0. The summed E-state index contributed by atoms with van der Waals surface area (Å²) in [5, 5.41) is 0. The Morgan fingerprint density at radius 3 is 1.83 bits per heavy atom. The molecule has 0 aliphatic heterocycles. The maximum absolute atomic E-state index is 11.4. The second-order valence-electron chi connectivity index (χ2n) is 0.537. The first-order valence-corrected chi connectivity index (χ1v) is 2.48. The molecule has 5 heteroatoms. The number of hydrogen-bond donors (Lipinski definition) is 1. The minimum atomic E-state index is -2.54. The van der Waals surface area contributed by atoms with Crippen LogP contribution in [-0.4, -0.2) is 8.47 Å². The van der Waals surface area contributed by atoms with Gasteiger partial charge in [0.2, 0.25) is 0 Å². The smallest absolute Gasteiger partial charge is 0.326 e. The highest BCUT2D eigenvalue weighted by atomic mass is 35.5. The molecule has 0 bridgehead atoms. The Hall–Kier alpha value is 0.820. The van der Waals surface area contributed by atoms with E-state index in [9.17, 15) is 4.39 Å². The van der Waals surface area contributed by atoms with E-state index in [4.69, 9.17) is 4.55 Å². The Labute approximate surface area is 48.6 Å². The van der Waals surface area contributed by atoms with Crippen LogP contribution >= 0.6 is 35.2 Å². The summed E-state index contributed by atoms with van der Waals surface area (Å²) in [6.45, 7) is 0. The van der Waals surface area contributed by atoms with Crippen LogP contribution in [0.5, 0.6) is 0 Å². The van der Waals surface area contributed by atoms with Gasteiger partial charge >= 0.3 is 3.92 Å². The summed E-state index contributed by atoms with van der Waals surface area (Å²) in [7, 11) is 0. The molecule has 0 aliphatic rings. The first kappa shape index (κ1) is 6.82. The molecule has 0 aromatic heterocycles. The van der Waals surface area contributed by atoms with Crippen LogP contribution in [-0.2, 0) is 0 Å². The predicted molar refractivity (Wildman–Crippen MR) is 25.8 cm³/mol. The van der Waals surface area contributed by atoms with Crippen LogP contribution in [0.1, 0.15) is 0 Å². The van der Waals surface area contributed by atoms with Crippen molar-refractivity contribution >= 4 is 35.2 Å². The van der Waals surface area contributed by atoms with Gasteiger partial charge in [-0.3, -0.25) is 0 Å². The third-order valence-corrected chi connectivity index (χ3v) is 0.725. The molecule has 0 fully saturated rings. The van der Waals surface area contributed by atoms with Gasteiger partial charge in [-0.1, -0.05) is 23.2 Å². The molecular formula is CHCl2FOS. The van der Waals surface area contributed by atoms with E-state index in [2.05, 4.69) is 23.2 Å². The molecule has 6 heavy (non-hydrogen) atoms. The maximum atomic E-state index is 11.4. The molecule has 0 rings (SSSR count). The lowest BCUT2D eigenvalue weighted by molar-refractivity contribution is 0.492. The molecule has 38 valence electrons. The third-order valence-electron chi connectivity index (χ3n) is 0.104. The number of halogens is 3. The summed E-state index contributed by atoms with van der Waals surface area (Å²) in [5.74, 6) is 0. The molecule has 0 aromatic rings. The van der Waals surface area contributed by atoms with Crippen LogP contribution in [0, 0.1) is 0 Å². The van der Waals surface area contributed by atoms with Gasteiger partial charge in [0.1, 0.15) is 0 Å². The second-order valence-corrected chi connectivity index (χ2v) is 2.97. The van der Waals surface area contributed by atoms with Crippen molar-refractivity contribution < 1.29 is 8.94 Å². The van der Waals surface area contributed by atoms with Crippen LogP contribution in [0.3, 0.4) is 0 Å². The van der Waals surface area contributed by atoms with Gasteiger partial charge in [-0.25, -0.2) is 0 Å². The Morgan fingerprint density at radius 2 is 1.83 bits per heavy atom. The lowest BCUT2D eigenvalue weighted by atomic mass is 11.7. The first-order valence-electron chi connectivity index (χ1n) is 0.954. The highest BCUT2D eigenvalue weighted by molar-refractivity contribution is 7.97. The van der Waals surface area contributed by atoms with Gasteiger partial charge in [0, 0.05) is 0 Å². The zero-order valence-corrected chi connectivity index (χ0v) is 4.82. The van der Waals surface area contributed by atoms with Crippen LogP contribution in [0.15, 0.2) is 0 Å². The maximum Gasteiger partial charge on any atom is 0.329 e. The van der Waals surface area contributed by atoms with Crippen molar-refractivity contribution in [3.05, 3.63) is 0 Å². The standard InChI is InChI=1S/CHCl2FOS/c2-1(3,4)6-5/h5H. The average Bonchev–Trinajstić information content (AvgIpc) is 1.35. The van der Waals surface area contributed by atoms with Crippen molar-refractivity contribution in [2.75, 3.05) is 0 Å². The lowest BCUT2D eigenvalue weighted by Crippen LogP contribution is -1.91. The van der Waals surface area contributed by atoms with E-state index in [1.54, 1.807) is 0 Å².